The van der Waals surface area contributed by atoms with E-state index in [4.69, 9.17) is 5.84 Å². The zero-order chi connectivity index (χ0) is 20.1. The predicted octanol–water partition coefficient (Wildman–Crippen LogP) is 3.76. The summed E-state index contributed by atoms with van der Waals surface area (Å²) < 4.78 is 2.00. The van der Waals surface area contributed by atoms with Gasteiger partial charge in [0.25, 0.3) is 0 Å². The lowest BCUT2D eigenvalue weighted by Gasteiger charge is -2.16. The molecule has 0 spiro atoms. The number of aromatic nitrogens is 3. The number of rotatable bonds is 6. The van der Waals surface area contributed by atoms with Crippen molar-refractivity contribution in [3.63, 3.8) is 0 Å². The second-order valence-corrected chi connectivity index (χ2v) is 6.81. The van der Waals surface area contributed by atoms with E-state index in [1.165, 1.54) is 5.01 Å². The minimum absolute atomic E-state index is 0.217. The minimum Gasteiger partial charge on any atom is -0.337 e. The lowest BCUT2D eigenvalue weighted by atomic mass is 9.99. The lowest BCUT2D eigenvalue weighted by molar-refractivity contribution is 0.486. The van der Waals surface area contributed by atoms with Gasteiger partial charge in [0, 0.05) is 49.2 Å². The van der Waals surface area contributed by atoms with Crippen molar-refractivity contribution < 1.29 is 0 Å². The number of nitrogens with zero attached hydrogens (tertiary/aromatic N) is 5. The fourth-order valence-electron chi connectivity index (χ4n) is 3.03. The monoisotopic (exact) mass is 377 g/mol. The zero-order valence-corrected chi connectivity index (χ0v) is 16.8. The molecule has 3 N–H and O–H groups in total. The van der Waals surface area contributed by atoms with E-state index in [9.17, 15) is 0 Å². The highest BCUT2D eigenvalue weighted by Gasteiger charge is 2.14. The van der Waals surface area contributed by atoms with Crippen LogP contribution in [0.5, 0.6) is 0 Å². The van der Waals surface area contributed by atoms with Crippen molar-refractivity contribution in [3.8, 4) is 0 Å². The molecule has 2 aromatic rings. The summed E-state index contributed by atoms with van der Waals surface area (Å²) in [4.78, 5) is 13.5. The Balaban J connectivity index is 1.85. The summed E-state index contributed by atoms with van der Waals surface area (Å²) in [6, 6.07) is 0. The Morgan fingerprint density at radius 2 is 2.21 bits per heavy atom. The van der Waals surface area contributed by atoms with Crippen LogP contribution in [-0.4, -0.2) is 32.1 Å². The highest BCUT2D eigenvalue weighted by molar-refractivity contribution is 6.00. The molecule has 1 unspecified atom stereocenters. The molecule has 146 valence electrons. The van der Waals surface area contributed by atoms with Gasteiger partial charge in [0.15, 0.2) is 11.5 Å². The van der Waals surface area contributed by atoms with Crippen molar-refractivity contribution in [3.05, 3.63) is 66.7 Å². The molecular formula is C21H27N7. The first kappa shape index (κ1) is 19.6. The summed E-state index contributed by atoms with van der Waals surface area (Å²) in [6.45, 7) is 6.23. The van der Waals surface area contributed by atoms with Crippen LogP contribution in [0.4, 0.5) is 5.82 Å². The fourth-order valence-corrected chi connectivity index (χ4v) is 3.03. The maximum absolute atomic E-state index is 5.73. The number of allylic oxidation sites excluding steroid dienone is 5. The van der Waals surface area contributed by atoms with E-state index in [2.05, 4.69) is 40.2 Å². The van der Waals surface area contributed by atoms with Gasteiger partial charge in [0.05, 0.1) is 11.9 Å². The van der Waals surface area contributed by atoms with Gasteiger partial charge < -0.3 is 10.3 Å². The van der Waals surface area contributed by atoms with E-state index >= 15 is 0 Å². The Morgan fingerprint density at radius 1 is 1.39 bits per heavy atom. The molecule has 0 aliphatic heterocycles. The number of aliphatic imine (C=N–C) groups is 1. The third kappa shape index (κ3) is 4.37. The molecule has 1 atom stereocenters. The molecule has 0 saturated heterocycles. The maximum atomic E-state index is 5.73. The fraction of sp³-hybridized carbons (Fsp3) is 0.286. The SMILES string of the molecule is CC/C=C\N=C1C=CC(Nc2nccn3c(/C(C)=C/N(C)N)cnc23)=CC1C. The van der Waals surface area contributed by atoms with Crippen molar-refractivity contribution in [2.45, 2.75) is 27.2 Å². The van der Waals surface area contributed by atoms with Gasteiger partial charge in [-0.1, -0.05) is 26.0 Å². The van der Waals surface area contributed by atoms with Crippen LogP contribution in [0.3, 0.4) is 0 Å². The molecule has 0 amide bonds. The number of anilines is 1. The van der Waals surface area contributed by atoms with Crippen LogP contribution in [0, 0.1) is 5.92 Å². The summed E-state index contributed by atoms with van der Waals surface area (Å²) in [5, 5.41) is 4.92. The van der Waals surface area contributed by atoms with Gasteiger partial charge in [-0.25, -0.2) is 15.8 Å². The maximum Gasteiger partial charge on any atom is 0.180 e. The number of imidazole rings is 1. The number of nitrogens with two attached hydrogens (primary N) is 1. The van der Waals surface area contributed by atoms with Crippen molar-refractivity contribution in [1.82, 2.24) is 19.4 Å². The largest absolute Gasteiger partial charge is 0.337 e. The summed E-state index contributed by atoms with van der Waals surface area (Å²) >= 11 is 0. The highest BCUT2D eigenvalue weighted by Crippen LogP contribution is 2.22. The first-order chi connectivity index (χ1) is 13.5. The van der Waals surface area contributed by atoms with Crippen molar-refractivity contribution in [2.24, 2.45) is 16.8 Å². The molecule has 2 heterocycles. The van der Waals surface area contributed by atoms with Crippen molar-refractivity contribution in [1.29, 1.82) is 0 Å². The molecule has 0 radical (unpaired) electrons. The average Bonchev–Trinajstić information content (AvgIpc) is 3.08. The normalized spacial score (nSPS) is 18.9. The molecule has 1 aliphatic rings. The third-order valence-electron chi connectivity index (χ3n) is 4.39. The second-order valence-electron chi connectivity index (χ2n) is 6.81. The van der Waals surface area contributed by atoms with Gasteiger partial charge >= 0.3 is 0 Å². The van der Waals surface area contributed by atoms with Crippen LogP contribution in [0.1, 0.15) is 32.9 Å². The van der Waals surface area contributed by atoms with E-state index in [1.54, 1.807) is 13.2 Å². The molecule has 3 rings (SSSR count). The van der Waals surface area contributed by atoms with E-state index in [0.717, 1.165) is 34.7 Å². The molecule has 0 saturated carbocycles. The van der Waals surface area contributed by atoms with Crippen LogP contribution in [-0.2, 0) is 0 Å². The molecule has 7 nitrogen and oxygen atoms in total. The summed E-state index contributed by atoms with van der Waals surface area (Å²) in [5.74, 6) is 6.66. The van der Waals surface area contributed by atoms with Crippen LogP contribution >= 0.6 is 0 Å². The Morgan fingerprint density at radius 3 is 2.93 bits per heavy atom. The summed E-state index contributed by atoms with van der Waals surface area (Å²) in [5.41, 5.74) is 4.76. The van der Waals surface area contributed by atoms with E-state index < -0.39 is 0 Å². The second kappa shape index (κ2) is 8.67. The van der Waals surface area contributed by atoms with E-state index in [-0.39, 0.29) is 5.92 Å². The molecule has 2 aromatic heterocycles. The highest BCUT2D eigenvalue weighted by atomic mass is 15.4. The molecule has 0 bridgehead atoms. The molecular weight excluding hydrogens is 350 g/mol. The average molecular weight is 377 g/mol. The molecule has 1 aliphatic carbocycles. The van der Waals surface area contributed by atoms with Crippen LogP contribution < -0.4 is 11.2 Å². The molecule has 0 aromatic carbocycles. The van der Waals surface area contributed by atoms with Gasteiger partial charge in [0.1, 0.15) is 0 Å². The number of hydrogen-bond donors (Lipinski definition) is 2. The number of nitrogens with one attached hydrogen (secondary N) is 1. The van der Waals surface area contributed by atoms with Crippen LogP contribution in [0.15, 0.2) is 66.0 Å². The van der Waals surface area contributed by atoms with Crippen LogP contribution in [0.2, 0.25) is 0 Å². The first-order valence-electron chi connectivity index (χ1n) is 9.37. The number of hydrogen-bond acceptors (Lipinski definition) is 6. The molecule has 7 heteroatoms. The van der Waals surface area contributed by atoms with Gasteiger partial charge in [-0.05, 0) is 31.1 Å². The first-order valence-corrected chi connectivity index (χ1v) is 9.37. The van der Waals surface area contributed by atoms with E-state index in [1.807, 2.05) is 54.3 Å². The number of fused-ring (bicyclic) bond motifs is 1. The standard InChI is InChI=1S/C21H27N7/c1-5-6-9-23-18-8-7-17(12-15(18)2)26-20-21-25-13-19(16(3)14-27(4)22)28(21)11-10-24-20/h6-15H,5,22H2,1-4H3,(H,24,26)/b9-6-,16-14+,23-18?. The van der Waals surface area contributed by atoms with Crippen molar-refractivity contribution >= 4 is 22.7 Å². The summed E-state index contributed by atoms with van der Waals surface area (Å²) in [6.07, 6.45) is 18.4. The van der Waals surface area contributed by atoms with Gasteiger partial charge in [-0.2, -0.15) is 0 Å². The molecule has 28 heavy (non-hydrogen) atoms. The van der Waals surface area contributed by atoms with Crippen LogP contribution in [0.25, 0.3) is 11.2 Å². The van der Waals surface area contributed by atoms with Gasteiger partial charge in [-0.3, -0.25) is 9.39 Å². The predicted molar refractivity (Wildman–Crippen MR) is 115 cm³/mol. The number of hydrazine groups is 1. The topological polar surface area (TPSA) is 83.8 Å². The third-order valence-corrected chi connectivity index (χ3v) is 4.39. The van der Waals surface area contributed by atoms with Gasteiger partial charge in [0.2, 0.25) is 0 Å². The van der Waals surface area contributed by atoms with Gasteiger partial charge in [-0.15, -0.1) is 0 Å². The van der Waals surface area contributed by atoms with Crippen molar-refractivity contribution in [2.75, 3.05) is 12.4 Å². The molecule has 0 fully saturated rings. The Bertz CT molecular complexity index is 989. The lowest BCUT2D eigenvalue weighted by Crippen LogP contribution is -2.19. The summed E-state index contributed by atoms with van der Waals surface area (Å²) in [7, 11) is 1.79. The quantitative estimate of drug-likeness (QED) is 0.591. The smallest absolute Gasteiger partial charge is 0.180 e. The zero-order valence-electron chi connectivity index (χ0n) is 16.8. The minimum atomic E-state index is 0.217. The Hall–Kier alpha value is -3.19. The van der Waals surface area contributed by atoms with E-state index in [0.29, 0.717) is 5.82 Å². The Kier molecular flexibility index (Phi) is 6.06. The Labute approximate surface area is 165 Å².